The summed E-state index contributed by atoms with van der Waals surface area (Å²) in [6, 6.07) is 7.97. The molecule has 0 radical (unpaired) electrons. The zero-order valence-corrected chi connectivity index (χ0v) is 11.5. The van der Waals surface area contributed by atoms with Crippen molar-refractivity contribution in [3.8, 4) is 5.75 Å². The van der Waals surface area contributed by atoms with Gasteiger partial charge in [-0.1, -0.05) is 12.1 Å². The van der Waals surface area contributed by atoms with Crippen molar-refractivity contribution >= 4 is 5.97 Å². The smallest absolute Gasteiger partial charge is 0.310 e. The van der Waals surface area contributed by atoms with Gasteiger partial charge in [0.15, 0.2) is 0 Å². The minimum absolute atomic E-state index is 0.109. The van der Waals surface area contributed by atoms with E-state index in [1.165, 1.54) is 0 Å². The van der Waals surface area contributed by atoms with Crippen LogP contribution in [0.5, 0.6) is 5.75 Å². The van der Waals surface area contributed by atoms with E-state index < -0.39 is 0 Å². The molecule has 104 valence electrons. The van der Waals surface area contributed by atoms with Crippen LogP contribution >= 0.6 is 0 Å². The number of carbonyl (C=O) groups is 1. The minimum atomic E-state index is -0.110. The van der Waals surface area contributed by atoms with Crippen molar-refractivity contribution in [1.29, 1.82) is 0 Å². The molecule has 1 aromatic rings. The number of ether oxygens (including phenoxy) is 2. The summed E-state index contributed by atoms with van der Waals surface area (Å²) in [5.74, 6) is 0.817. The van der Waals surface area contributed by atoms with Gasteiger partial charge in [-0.15, -0.1) is 0 Å². The number of methoxy groups -OCH3 is 1. The number of hydrogen-bond donors (Lipinski definition) is 1. The highest BCUT2D eigenvalue weighted by Gasteiger charge is 2.33. The molecule has 0 aromatic heterocycles. The molecule has 1 N–H and O–H groups in total. The van der Waals surface area contributed by atoms with Crippen molar-refractivity contribution < 1.29 is 14.3 Å². The molecule has 1 aliphatic heterocycles. The highest BCUT2D eigenvalue weighted by Crippen LogP contribution is 2.32. The second kappa shape index (κ2) is 6.57. The summed E-state index contributed by atoms with van der Waals surface area (Å²) < 4.78 is 10.4. The van der Waals surface area contributed by atoms with Gasteiger partial charge in [-0.25, -0.2) is 0 Å². The third kappa shape index (κ3) is 3.26. The second-order valence-corrected chi connectivity index (χ2v) is 4.73. The lowest BCUT2D eigenvalue weighted by atomic mass is 9.81. The van der Waals surface area contributed by atoms with Gasteiger partial charge in [-0.05, 0) is 43.5 Å². The van der Waals surface area contributed by atoms with Gasteiger partial charge in [-0.3, -0.25) is 4.79 Å². The number of piperidine rings is 1. The Bertz CT molecular complexity index is 433. The third-order valence-electron chi connectivity index (χ3n) is 3.59. The van der Waals surface area contributed by atoms with E-state index in [1.54, 1.807) is 7.11 Å². The van der Waals surface area contributed by atoms with Gasteiger partial charge < -0.3 is 14.8 Å². The Kier molecular flexibility index (Phi) is 4.80. The van der Waals surface area contributed by atoms with E-state index in [1.807, 2.05) is 25.1 Å². The predicted molar refractivity (Wildman–Crippen MR) is 73.3 cm³/mol. The van der Waals surface area contributed by atoms with Crippen LogP contribution in [0.4, 0.5) is 0 Å². The lowest BCUT2D eigenvalue weighted by molar-refractivity contribution is -0.149. The number of benzene rings is 1. The number of nitrogens with one attached hydrogen (secondary N) is 1. The summed E-state index contributed by atoms with van der Waals surface area (Å²) >= 11 is 0. The van der Waals surface area contributed by atoms with E-state index in [9.17, 15) is 4.79 Å². The van der Waals surface area contributed by atoms with E-state index in [0.717, 1.165) is 24.3 Å². The van der Waals surface area contributed by atoms with E-state index in [0.29, 0.717) is 13.2 Å². The van der Waals surface area contributed by atoms with E-state index in [2.05, 4.69) is 11.4 Å². The summed E-state index contributed by atoms with van der Waals surface area (Å²) in [6.45, 7) is 3.88. The molecule has 4 nitrogen and oxygen atoms in total. The molecule has 1 saturated heterocycles. The lowest BCUT2D eigenvalue weighted by Crippen LogP contribution is -2.40. The molecule has 1 aromatic carbocycles. The average molecular weight is 263 g/mol. The highest BCUT2D eigenvalue weighted by molar-refractivity contribution is 5.74. The standard InChI is InChI=1S/C15H21NO3/c1-3-19-15(17)14-10-16-8-7-13(14)11-5-4-6-12(9-11)18-2/h4-6,9,13-14,16H,3,7-8,10H2,1-2H3/t13-,14-/m1/s1. The zero-order chi connectivity index (χ0) is 13.7. The molecular formula is C15H21NO3. The zero-order valence-electron chi connectivity index (χ0n) is 11.5. The summed E-state index contributed by atoms with van der Waals surface area (Å²) in [6.07, 6.45) is 0.941. The molecular weight excluding hydrogens is 242 g/mol. The van der Waals surface area contributed by atoms with Gasteiger partial charge in [0.05, 0.1) is 19.6 Å². The highest BCUT2D eigenvalue weighted by atomic mass is 16.5. The largest absolute Gasteiger partial charge is 0.497 e. The van der Waals surface area contributed by atoms with Crippen molar-refractivity contribution in [3.63, 3.8) is 0 Å². The van der Waals surface area contributed by atoms with Gasteiger partial charge in [0, 0.05) is 6.54 Å². The first-order chi connectivity index (χ1) is 9.26. The Morgan fingerprint density at radius 3 is 3.05 bits per heavy atom. The van der Waals surface area contributed by atoms with Crippen LogP contribution in [0.1, 0.15) is 24.8 Å². The molecule has 0 saturated carbocycles. The lowest BCUT2D eigenvalue weighted by Gasteiger charge is -2.31. The maximum atomic E-state index is 12.0. The molecule has 19 heavy (non-hydrogen) atoms. The minimum Gasteiger partial charge on any atom is -0.497 e. The van der Waals surface area contributed by atoms with Gasteiger partial charge >= 0.3 is 5.97 Å². The van der Waals surface area contributed by atoms with Crippen LogP contribution in [0.3, 0.4) is 0 Å². The molecule has 0 unspecified atom stereocenters. The molecule has 0 aliphatic carbocycles. The fourth-order valence-corrected chi connectivity index (χ4v) is 2.63. The monoisotopic (exact) mass is 263 g/mol. The average Bonchev–Trinajstić information content (AvgIpc) is 2.47. The Balaban J connectivity index is 2.20. The molecule has 1 aliphatic rings. The van der Waals surface area contributed by atoms with Crippen molar-refractivity contribution in [1.82, 2.24) is 5.32 Å². The fraction of sp³-hybridized carbons (Fsp3) is 0.533. The number of esters is 1. The van der Waals surface area contributed by atoms with Crippen LogP contribution in [0.15, 0.2) is 24.3 Å². The topological polar surface area (TPSA) is 47.6 Å². The summed E-state index contributed by atoms with van der Waals surface area (Å²) in [5.41, 5.74) is 1.15. The predicted octanol–water partition coefficient (Wildman–Crippen LogP) is 1.95. The van der Waals surface area contributed by atoms with Crippen LogP contribution < -0.4 is 10.1 Å². The first kappa shape index (κ1) is 13.9. The molecule has 2 atom stereocenters. The number of carbonyl (C=O) groups excluding carboxylic acids is 1. The van der Waals surface area contributed by atoms with Crippen molar-refractivity contribution in [3.05, 3.63) is 29.8 Å². The number of rotatable bonds is 4. The van der Waals surface area contributed by atoms with Crippen LogP contribution in [-0.2, 0) is 9.53 Å². The molecule has 0 amide bonds. The SMILES string of the molecule is CCOC(=O)[C@@H]1CNCC[C@@H]1c1cccc(OC)c1. The Morgan fingerprint density at radius 2 is 2.32 bits per heavy atom. The summed E-state index contributed by atoms with van der Waals surface area (Å²) in [5, 5.41) is 3.27. The molecule has 1 fully saturated rings. The second-order valence-electron chi connectivity index (χ2n) is 4.73. The van der Waals surface area contributed by atoms with Gasteiger partial charge in [0.1, 0.15) is 5.75 Å². The van der Waals surface area contributed by atoms with Crippen molar-refractivity contribution in [2.75, 3.05) is 26.8 Å². The quantitative estimate of drug-likeness (QED) is 0.844. The van der Waals surface area contributed by atoms with Crippen molar-refractivity contribution in [2.24, 2.45) is 5.92 Å². The molecule has 0 spiro atoms. The first-order valence-electron chi connectivity index (χ1n) is 6.77. The Hall–Kier alpha value is -1.55. The number of hydrogen-bond acceptors (Lipinski definition) is 4. The normalized spacial score (nSPS) is 22.8. The van der Waals surface area contributed by atoms with Crippen LogP contribution in [-0.4, -0.2) is 32.8 Å². The Labute approximate surface area is 114 Å². The van der Waals surface area contributed by atoms with Gasteiger partial charge in [0.25, 0.3) is 0 Å². The van der Waals surface area contributed by atoms with Crippen molar-refractivity contribution in [2.45, 2.75) is 19.3 Å². The van der Waals surface area contributed by atoms with Crippen LogP contribution in [0.2, 0.25) is 0 Å². The maximum Gasteiger partial charge on any atom is 0.310 e. The first-order valence-corrected chi connectivity index (χ1v) is 6.77. The summed E-state index contributed by atoms with van der Waals surface area (Å²) in [4.78, 5) is 12.0. The Morgan fingerprint density at radius 1 is 1.47 bits per heavy atom. The third-order valence-corrected chi connectivity index (χ3v) is 3.59. The van der Waals surface area contributed by atoms with E-state index in [4.69, 9.17) is 9.47 Å². The molecule has 1 heterocycles. The van der Waals surface area contributed by atoms with Gasteiger partial charge in [0.2, 0.25) is 0 Å². The van der Waals surface area contributed by atoms with E-state index in [-0.39, 0.29) is 17.8 Å². The molecule has 2 rings (SSSR count). The molecule has 0 bridgehead atoms. The summed E-state index contributed by atoms with van der Waals surface area (Å²) in [7, 11) is 1.66. The molecule has 4 heteroatoms. The van der Waals surface area contributed by atoms with Crippen LogP contribution in [0, 0.1) is 5.92 Å². The maximum absolute atomic E-state index is 12.0. The van der Waals surface area contributed by atoms with Gasteiger partial charge in [-0.2, -0.15) is 0 Å². The van der Waals surface area contributed by atoms with E-state index >= 15 is 0 Å². The fourth-order valence-electron chi connectivity index (χ4n) is 2.63. The van der Waals surface area contributed by atoms with Crippen LogP contribution in [0.25, 0.3) is 0 Å².